The predicted octanol–water partition coefficient (Wildman–Crippen LogP) is -0.145. The third-order valence-electron chi connectivity index (χ3n) is 1.57. The van der Waals surface area contributed by atoms with Gasteiger partial charge in [-0.1, -0.05) is 6.92 Å². The third-order valence-corrected chi connectivity index (χ3v) is 2.86. The molecule has 0 aromatic rings. The number of hydrogen-bond donors (Lipinski definition) is 2. The first-order chi connectivity index (χ1) is 6.02. The fourth-order valence-electron chi connectivity index (χ4n) is 0.668. The molecule has 0 aliphatic carbocycles. The molecule has 2 N–H and O–H groups in total. The first-order valence-corrected chi connectivity index (χ1v) is 5.76. The van der Waals surface area contributed by atoms with Gasteiger partial charge in [-0.05, 0) is 13.3 Å². The molecule has 0 rings (SSSR count). The van der Waals surface area contributed by atoms with Crippen LogP contribution in [-0.2, 0) is 14.9 Å². The fourth-order valence-corrected chi connectivity index (χ4v) is 1.80. The molecule has 0 spiro atoms. The normalized spacial score (nSPS) is 14.4. The summed E-state index contributed by atoms with van der Waals surface area (Å²) in [4.78, 5) is 0. The summed E-state index contributed by atoms with van der Waals surface area (Å²) in [5.41, 5.74) is 0. The van der Waals surface area contributed by atoms with Crippen molar-refractivity contribution in [3.8, 4) is 0 Å². The van der Waals surface area contributed by atoms with Gasteiger partial charge in [0, 0.05) is 19.7 Å². The zero-order chi connectivity index (χ0) is 10.3. The van der Waals surface area contributed by atoms with Crippen molar-refractivity contribution < 1.29 is 13.2 Å². The smallest absolute Gasteiger partial charge is 0.277 e. The van der Waals surface area contributed by atoms with Crippen LogP contribution in [0.15, 0.2) is 0 Å². The molecule has 0 amide bonds. The molecule has 1 atom stereocenters. The molecule has 5 nitrogen and oxygen atoms in total. The Bertz CT molecular complexity index is 216. The minimum absolute atomic E-state index is 0.0416. The van der Waals surface area contributed by atoms with Crippen molar-refractivity contribution in [2.75, 3.05) is 20.3 Å². The maximum Gasteiger partial charge on any atom is 0.277 e. The van der Waals surface area contributed by atoms with Crippen molar-refractivity contribution >= 4 is 10.2 Å². The van der Waals surface area contributed by atoms with Crippen LogP contribution < -0.4 is 9.44 Å². The highest BCUT2D eigenvalue weighted by Crippen LogP contribution is 1.90. The molecule has 1 unspecified atom stereocenters. The largest absolute Gasteiger partial charge is 0.383 e. The predicted molar refractivity (Wildman–Crippen MR) is 51.7 cm³/mol. The molecule has 0 aromatic carbocycles. The molecule has 0 heterocycles. The Balaban J connectivity index is 3.81. The van der Waals surface area contributed by atoms with Gasteiger partial charge < -0.3 is 4.74 Å². The Morgan fingerprint density at radius 1 is 1.46 bits per heavy atom. The summed E-state index contributed by atoms with van der Waals surface area (Å²) in [5, 5.41) is 0. The lowest BCUT2D eigenvalue weighted by Crippen LogP contribution is -2.42. The van der Waals surface area contributed by atoms with E-state index in [1.807, 2.05) is 13.8 Å². The monoisotopic (exact) mass is 210 g/mol. The molecular weight excluding hydrogens is 192 g/mol. The fraction of sp³-hybridized carbons (Fsp3) is 1.00. The van der Waals surface area contributed by atoms with E-state index in [1.54, 1.807) is 0 Å². The van der Waals surface area contributed by atoms with E-state index in [4.69, 9.17) is 4.74 Å². The average Bonchev–Trinajstić information content (AvgIpc) is 2.03. The van der Waals surface area contributed by atoms with Gasteiger partial charge in [-0.25, -0.2) is 0 Å². The second-order valence-corrected chi connectivity index (χ2v) is 4.35. The van der Waals surface area contributed by atoms with Gasteiger partial charge in [0.05, 0.1) is 6.61 Å². The number of rotatable bonds is 7. The van der Waals surface area contributed by atoms with Crippen molar-refractivity contribution in [1.29, 1.82) is 0 Å². The molecular formula is C7H18N2O3S. The zero-order valence-electron chi connectivity index (χ0n) is 8.33. The maximum absolute atomic E-state index is 11.2. The molecule has 0 radical (unpaired) electrons. The van der Waals surface area contributed by atoms with E-state index in [-0.39, 0.29) is 6.04 Å². The van der Waals surface area contributed by atoms with E-state index in [1.165, 1.54) is 7.11 Å². The van der Waals surface area contributed by atoms with Gasteiger partial charge in [-0.2, -0.15) is 17.9 Å². The summed E-state index contributed by atoms with van der Waals surface area (Å²) in [6.45, 7) is 4.40. The van der Waals surface area contributed by atoms with Crippen LogP contribution in [-0.4, -0.2) is 34.7 Å². The van der Waals surface area contributed by atoms with Crippen LogP contribution in [0.25, 0.3) is 0 Å². The van der Waals surface area contributed by atoms with Crippen molar-refractivity contribution in [2.45, 2.75) is 26.3 Å². The Kier molecular flexibility index (Phi) is 6.23. The standard InChI is InChI=1S/C7H18N2O3S/c1-4-7(2)9-13(10,11)8-5-6-12-3/h7-9H,4-6H2,1-3H3. The third kappa shape index (κ3) is 6.94. The molecule has 0 fully saturated rings. The van der Waals surface area contributed by atoms with Gasteiger partial charge in [0.25, 0.3) is 10.2 Å². The topological polar surface area (TPSA) is 67.4 Å². The van der Waals surface area contributed by atoms with Gasteiger partial charge >= 0.3 is 0 Å². The van der Waals surface area contributed by atoms with Crippen molar-refractivity contribution in [2.24, 2.45) is 0 Å². The van der Waals surface area contributed by atoms with E-state index in [2.05, 4.69) is 9.44 Å². The zero-order valence-corrected chi connectivity index (χ0v) is 9.15. The van der Waals surface area contributed by atoms with Crippen LogP contribution >= 0.6 is 0 Å². The van der Waals surface area contributed by atoms with Gasteiger partial charge in [0.1, 0.15) is 0 Å². The van der Waals surface area contributed by atoms with Crippen LogP contribution in [0.5, 0.6) is 0 Å². The second-order valence-electron chi connectivity index (χ2n) is 2.82. The van der Waals surface area contributed by atoms with E-state index in [0.717, 1.165) is 6.42 Å². The molecule has 0 saturated heterocycles. The summed E-state index contributed by atoms with van der Waals surface area (Å²) >= 11 is 0. The minimum atomic E-state index is -3.35. The average molecular weight is 210 g/mol. The second kappa shape index (κ2) is 6.31. The Hall–Kier alpha value is -0.170. The SMILES string of the molecule is CCC(C)NS(=O)(=O)NCCOC. The number of nitrogens with one attached hydrogen (secondary N) is 2. The van der Waals surface area contributed by atoms with E-state index < -0.39 is 10.2 Å². The van der Waals surface area contributed by atoms with E-state index >= 15 is 0 Å². The van der Waals surface area contributed by atoms with Crippen LogP contribution in [0.4, 0.5) is 0 Å². The van der Waals surface area contributed by atoms with Crippen LogP contribution in [0.2, 0.25) is 0 Å². The highest BCUT2D eigenvalue weighted by atomic mass is 32.2. The number of methoxy groups -OCH3 is 1. The minimum Gasteiger partial charge on any atom is -0.383 e. The highest BCUT2D eigenvalue weighted by Gasteiger charge is 2.11. The summed E-state index contributed by atoms with van der Waals surface area (Å²) < 4.78 is 31.9. The Labute approximate surface area is 80.0 Å². The summed E-state index contributed by atoms with van der Waals surface area (Å²) in [7, 11) is -1.82. The summed E-state index contributed by atoms with van der Waals surface area (Å²) in [6.07, 6.45) is 0.769. The van der Waals surface area contributed by atoms with Crippen molar-refractivity contribution in [1.82, 2.24) is 9.44 Å². The molecule has 80 valence electrons. The molecule has 6 heteroatoms. The van der Waals surface area contributed by atoms with Crippen molar-refractivity contribution in [3.63, 3.8) is 0 Å². The van der Waals surface area contributed by atoms with Crippen LogP contribution in [0.3, 0.4) is 0 Å². The lowest BCUT2D eigenvalue weighted by molar-refractivity contribution is 0.204. The lowest BCUT2D eigenvalue weighted by Gasteiger charge is -2.12. The number of ether oxygens (including phenoxy) is 1. The molecule has 0 aliphatic heterocycles. The Morgan fingerprint density at radius 3 is 2.54 bits per heavy atom. The quantitative estimate of drug-likeness (QED) is 0.574. The Morgan fingerprint density at radius 2 is 2.08 bits per heavy atom. The molecule has 0 bridgehead atoms. The van der Waals surface area contributed by atoms with Crippen LogP contribution in [0.1, 0.15) is 20.3 Å². The molecule has 0 aliphatic rings. The maximum atomic E-state index is 11.2. The summed E-state index contributed by atoms with van der Waals surface area (Å²) in [6, 6.07) is -0.0416. The molecule has 0 aromatic heterocycles. The van der Waals surface area contributed by atoms with Gasteiger partial charge in [-0.15, -0.1) is 0 Å². The molecule has 13 heavy (non-hydrogen) atoms. The number of hydrogen-bond acceptors (Lipinski definition) is 3. The molecule has 0 saturated carbocycles. The lowest BCUT2D eigenvalue weighted by atomic mass is 10.3. The van der Waals surface area contributed by atoms with Crippen LogP contribution in [0, 0.1) is 0 Å². The van der Waals surface area contributed by atoms with Crippen molar-refractivity contribution in [3.05, 3.63) is 0 Å². The summed E-state index contributed by atoms with van der Waals surface area (Å²) in [5.74, 6) is 0. The van der Waals surface area contributed by atoms with E-state index in [9.17, 15) is 8.42 Å². The van der Waals surface area contributed by atoms with Gasteiger partial charge in [0.15, 0.2) is 0 Å². The van der Waals surface area contributed by atoms with Gasteiger partial charge in [0.2, 0.25) is 0 Å². The van der Waals surface area contributed by atoms with Gasteiger partial charge in [-0.3, -0.25) is 0 Å². The first kappa shape index (κ1) is 12.8. The van der Waals surface area contributed by atoms with E-state index in [0.29, 0.717) is 13.2 Å². The first-order valence-electron chi connectivity index (χ1n) is 4.27. The highest BCUT2D eigenvalue weighted by molar-refractivity contribution is 7.87.